The first-order valence-electron chi connectivity index (χ1n) is 7.22. The monoisotopic (exact) mass is 341 g/mol. The summed E-state index contributed by atoms with van der Waals surface area (Å²) in [5, 5.41) is 23.7. The van der Waals surface area contributed by atoms with Gasteiger partial charge in [-0.2, -0.15) is 18.4 Å². The molecule has 0 spiro atoms. The van der Waals surface area contributed by atoms with E-state index >= 15 is 0 Å². The highest BCUT2D eigenvalue weighted by molar-refractivity contribution is 5.94. The van der Waals surface area contributed by atoms with E-state index < -0.39 is 17.3 Å². The number of halogens is 3. The summed E-state index contributed by atoms with van der Waals surface area (Å²) < 4.78 is 37.7. The molecular formula is C14H14F3N5O2. The molecule has 1 fully saturated rings. The van der Waals surface area contributed by atoms with Gasteiger partial charge in [-0.05, 0) is 24.3 Å². The van der Waals surface area contributed by atoms with E-state index in [-0.39, 0.29) is 43.2 Å². The number of nitrogens with one attached hydrogen (secondary N) is 1. The number of benzene rings is 1. The summed E-state index contributed by atoms with van der Waals surface area (Å²) in [5.74, 6) is -0.206. The molecule has 2 heterocycles. The van der Waals surface area contributed by atoms with Crippen molar-refractivity contribution in [3.63, 3.8) is 0 Å². The van der Waals surface area contributed by atoms with Crippen LogP contribution in [0.2, 0.25) is 0 Å². The summed E-state index contributed by atoms with van der Waals surface area (Å²) >= 11 is 0. The van der Waals surface area contributed by atoms with Gasteiger partial charge in [-0.15, -0.1) is 10.2 Å². The smallest absolute Gasteiger partial charge is 0.382 e. The summed E-state index contributed by atoms with van der Waals surface area (Å²) in [5.41, 5.74) is -1.89. The second kappa shape index (κ2) is 5.86. The number of carbonyl (C=O) groups excluding carboxylic acids is 1. The first-order valence-corrected chi connectivity index (χ1v) is 7.22. The molecule has 1 amide bonds. The van der Waals surface area contributed by atoms with Gasteiger partial charge in [0.25, 0.3) is 5.91 Å². The molecule has 1 aromatic heterocycles. The lowest BCUT2D eigenvalue weighted by molar-refractivity contribution is -0.137. The van der Waals surface area contributed by atoms with E-state index in [0.717, 1.165) is 24.3 Å². The summed E-state index contributed by atoms with van der Waals surface area (Å²) in [6.07, 6.45) is -3.99. The number of piperidine rings is 1. The lowest BCUT2D eigenvalue weighted by Crippen LogP contribution is -2.45. The summed E-state index contributed by atoms with van der Waals surface area (Å²) in [6.45, 7) is 0.482. The van der Waals surface area contributed by atoms with E-state index in [2.05, 4.69) is 20.6 Å². The highest BCUT2D eigenvalue weighted by Crippen LogP contribution is 2.31. The van der Waals surface area contributed by atoms with E-state index in [1.807, 2.05) is 0 Å². The van der Waals surface area contributed by atoms with Crippen molar-refractivity contribution >= 4 is 5.91 Å². The SMILES string of the molecule is O=C(c1ccc(C(F)(F)F)cc1)N1CCC(O)(c2nn[nH]n2)CC1. The van der Waals surface area contributed by atoms with E-state index in [9.17, 15) is 23.1 Å². The summed E-state index contributed by atoms with van der Waals surface area (Å²) in [6, 6.07) is 4.08. The molecular weight excluding hydrogens is 327 g/mol. The van der Waals surface area contributed by atoms with Crippen LogP contribution in [0.15, 0.2) is 24.3 Å². The topological polar surface area (TPSA) is 95.0 Å². The van der Waals surface area contributed by atoms with Gasteiger partial charge >= 0.3 is 6.18 Å². The van der Waals surface area contributed by atoms with Crippen LogP contribution in [-0.4, -0.2) is 49.6 Å². The third-order valence-corrected chi connectivity index (χ3v) is 4.10. The molecule has 0 saturated carbocycles. The van der Waals surface area contributed by atoms with Crippen molar-refractivity contribution in [2.24, 2.45) is 0 Å². The average molecular weight is 341 g/mol. The largest absolute Gasteiger partial charge is 0.416 e. The first kappa shape index (κ1) is 16.4. The Morgan fingerprint density at radius 2 is 1.83 bits per heavy atom. The molecule has 10 heteroatoms. The van der Waals surface area contributed by atoms with Gasteiger partial charge < -0.3 is 10.0 Å². The van der Waals surface area contributed by atoms with E-state index in [4.69, 9.17) is 0 Å². The van der Waals surface area contributed by atoms with Gasteiger partial charge in [0.15, 0.2) is 0 Å². The molecule has 0 aliphatic carbocycles. The van der Waals surface area contributed by atoms with E-state index in [1.165, 1.54) is 4.90 Å². The Kier molecular flexibility index (Phi) is 3.99. The van der Waals surface area contributed by atoms with Gasteiger partial charge in [-0.25, -0.2) is 0 Å². The molecule has 2 N–H and O–H groups in total. The first-order chi connectivity index (χ1) is 11.3. The number of hydrogen-bond donors (Lipinski definition) is 2. The summed E-state index contributed by atoms with van der Waals surface area (Å²) in [7, 11) is 0. The second-order valence-electron chi connectivity index (χ2n) is 5.63. The van der Waals surface area contributed by atoms with Crippen molar-refractivity contribution in [1.29, 1.82) is 0 Å². The number of aromatic nitrogens is 4. The molecule has 2 aromatic rings. The minimum absolute atomic E-state index is 0.170. The van der Waals surface area contributed by atoms with Crippen LogP contribution in [0.25, 0.3) is 0 Å². The normalized spacial score (nSPS) is 17.8. The number of likely N-dealkylation sites (tertiary alicyclic amines) is 1. The fraction of sp³-hybridized carbons (Fsp3) is 0.429. The Bertz CT molecular complexity index is 707. The molecule has 1 aliphatic rings. The highest BCUT2D eigenvalue weighted by Gasteiger charge is 2.39. The van der Waals surface area contributed by atoms with Crippen LogP contribution in [-0.2, 0) is 11.8 Å². The van der Waals surface area contributed by atoms with E-state index in [0.29, 0.717) is 0 Å². The number of alkyl halides is 3. The van der Waals surface area contributed by atoms with Crippen LogP contribution < -0.4 is 0 Å². The zero-order valence-electron chi connectivity index (χ0n) is 12.4. The van der Waals surface area contributed by atoms with Crippen LogP contribution in [0.1, 0.15) is 34.6 Å². The maximum Gasteiger partial charge on any atom is 0.416 e. The Morgan fingerprint density at radius 1 is 1.21 bits per heavy atom. The molecule has 1 aliphatic heterocycles. The minimum Gasteiger partial charge on any atom is -0.382 e. The Labute approximate surface area is 134 Å². The van der Waals surface area contributed by atoms with Crippen molar-refractivity contribution in [2.45, 2.75) is 24.6 Å². The number of nitrogens with zero attached hydrogens (tertiary/aromatic N) is 4. The predicted molar refractivity (Wildman–Crippen MR) is 74.7 cm³/mol. The molecule has 7 nitrogen and oxygen atoms in total. The van der Waals surface area contributed by atoms with Gasteiger partial charge in [0, 0.05) is 31.5 Å². The number of aliphatic hydroxyl groups is 1. The number of amides is 1. The van der Waals surface area contributed by atoms with Crippen LogP contribution in [0.5, 0.6) is 0 Å². The van der Waals surface area contributed by atoms with Gasteiger partial charge in [0.05, 0.1) is 5.56 Å². The van der Waals surface area contributed by atoms with Crippen LogP contribution in [0, 0.1) is 0 Å². The van der Waals surface area contributed by atoms with Gasteiger partial charge in [0.1, 0.15) is 5.60 Å². The van der Waals surface area contributed by atoms with E-state index in [1.54, 1.807) is 0 Å². The number of rotatable bonds is 2. The molecule has 128 valence electrons. The third-order valence-electron chi connectivity index (χ3n) is 4.10. The molecule has 24 heavy (non-hydrogen) atoms. The average Bonchev–Trinajstić information content (AvgIpc) is 3.10. The van der Waals surface area contributed by atoms with Crippen molar-refractivity contribution in [1.82, 2.24) is 25.5 Å². The fourth-order valence-electron chi connectivity index (χ4n) is 2.65. The predicted octanol–water partition coefficient (Wildman–Crippen LogP) is 1.34. The maximum absolute atomic E-state index is 12.6. The molecule has 0 bridgehead atoms. The number of aromatic amines is 1. The number of H-pyrrole nitrogens is 1. The molecule has 1 saturated heterocycles. The van der Waals surface area contributed by atoms with Gasteiger partial charge in [0.2, 0.25) is 5.82 Å². The van der Waals surface area contributed by atoms with Crippen LogP contribution in [0.4, 0.5) is 13.2 Å². The second-order valence-corrected chi connectivity index (χ2v) is 5.63. The number of hydrogen-bond acceptors (Lipinski definition) is 5. The molecule has 1 aromatic carbocycles. The zero-order chi connectivity index (χ0) is 17.4. The Balaban J connectivity index is 1.67. The van der Waals surface area contributed by atoms with Crippen LogP contribution in [0.3, 0.4) is 0 Å². The highest BCUT2D eigenvalue weighted by atomic mass is 19.4. The molecule has 0 unspecified atom stereocenters. The van der Waals surface area contributed by atoms with Crippen LogP contribution >= 0.6 is 0 Å². The van der Waals surface area contributed by atoms with Crippen molar-refractivity contribution < 1.29 is 23.1 Å². The quantitative estimate of drug-likeness (QED) is 0.860. The lowest BCUT2D eigenvalue weighted by Gasteiger charge is -2.36. The maximum atomic E-state index is 12.6. The summed E-state index contributed by atoms with van der Waals surface area (Å²) in [4.78, 5) is 13.9. The third kappa shape index (κ3) is 3.09. The number of tetrazole rings is 1. The molecule has 0 atom stereocenters. The standard InChI is InChI=1S/C14H14F3N5O2/c15-14(16,17)10-3-1-9(2-4-10)11(23)22-7-5-13(24,6-8-22)12-18-20-21-19-12/h1-4,24H,5-8H2,(H,18,19,20,21). The zero-order valence-corrected chi connectivity index (χ0v) is 12.4. The molecule has 3 rings (SSSR count). The van der Waals surface area contributed by atoms with Crippen molar-refractivity contribution in [2.75, 3.05) is 13.1 Å². The Morgan fingerprint density at radius 3 is 2.33 bits per heavy atom. The molecule has 0 radical (unpaired) electrons. The van der Waals surface area contributed by atoms with Crippen molar-refractivity contribution in [3.05, 3.63) is 41.2 Å². The lowest BCUT2D eigenvalue weighted by atomic mass is 9.90. The van der Waals surface area contributed by atoms with Crippen molar-refractivity contribution in [3.8, 4) is 0 Å². The fourth-order valence-corrected chi connectivity index (χ4v) is 2.65. The Hall–Kier alpha value is -2.49. The minimum atomic E-state index is -4.44. The number of carbonyl (C=O) groups is 1. The van der Waals surface area contributed by atoms with Gasteiger partial charge in [-0.3, -0.25) is 4.79 Å². The van der Waals surface area contributed by atoms with Gasteiger partial charge in [-0.1, -0.05) is 5.21 Å².